The van der Waals surface area contributed by atoms with Gasteiger partial charge in [0, 0.05) is 17.9 Å². The molecule has 6 nitrogen and oxygen atoms in total. The van der Waals surface area contributed by atoms with Crippen LogP contribution >= 0.6 is 0 Å². The number of aromatic nitrogens is 1. The molecule has 1 heterocycles. The van der Waals surface area contributed by atoms with Gasteiger partial charge in [0.2, 0.25) is 0 Å². The maximum absolute atomic E-state index is 12.8. The Bertz CT molecular complexity index is 544. The lowest BCUT2D eigenvalue weighted by atomic mass is 10.0. The number of aliphatic carboxylic acids is 1. The van der Waals surface area contributed by atoms with Crippen LogP contribution in [-0.4, -0.2) is 50.7 Å². The SMILES string of the molecule is CC(C)(C)OCC(C(=O)O)N(C(=O)c1cccnc1)C(C)(C)C. The number of amides is 1. The highest BCUT2D eigenvalue weighted by Crippen LogP contribution is 2.22. The van der Waals surface area contributed by atoms with Crippen molar-refractivity contribution in [2.75, 3.05) is 6.61 Å². The molecule has 1 aromatic rings. The molecule has 0 saturated carbocycles. The summed E-state index contributed by atoms with van der Waals surface area (Å²) in [5.74, 6) is -1.48. The van der Waals surface area contributed by atoms with Crippen LogP contribution in [0.3, 0.4) is 0 Å². The Morgan fingerprint density at radius 3 is 2.26 bits per heavy atom. The van der Waals surface area contributed by atoms with E-state index in [0.717, 1.165) is 0 Å². The monoisotopic (exact) mass is 322 g/mol. The second-order valence-electron chi connectivity index (χ2n) is 7.37. The zero-order valence-electron chi connectivity index (χ0n) is 14.7. The molecule has 0 bridgehead atoms. The molecule has 0 aliphatic heterocycles. The lowest BCUT2D eigenvalue weighted by Gasteiger charge is -2.40. The molecule has 1 atom stereocenters. The lowest BCUT2D eigenvalue weighted by Crippen LogP contribution is -2.57. The van der Waals surface area contributed by atoms with Crippen LogP contribution in [0.1, 0.15) is 51.9 Å². The molecule has 1 aromatic heterocycles. The molecule has 23 heavy (non-hydrogen) atoms. The van der Waals surface area contributed by atoms with Gasteiger partial charge in [-0.2, -0.15) is 0 Å². The Labute approximate surface area is 137 Å². The number of hydrogen-bond donors (Lipinski definition) is 1. The van der Waals surface area contributed by atoms with Gasteiger partial charge in [-0.1, -0.05) is 0 Å². The quantitative estimate of drug-likeness (QED) is 0.901. The molecule has 1 amide bonds. The highest BCUT2D eigenvalue weighted by atomic mass is 16.5. The van der Waals surface area contributed by atoms with E-state index in [0.29, 0.717) is 5.56 Å². The number of carboxylic acids is 1. The summed E-state index contributed by atoms with van der Waals surface area (Å²) < 4.78 is 5.62. The molecule has 0 aromatic carbocycles. The summed E-state index contributed by atoms with van der Waals surface area (Å²) in [6.45, 7) is 10.8. The summed E-state index contributed by atoms with van der Waals surface area (Å²) in [6, 6.07) is 2.19. The summed E-state index contributed by atoms with van der Waals surface area (Å²) >= 11 is 0. The van der Waals surface area contributed by atoms with Crippen molar-refractivity contribution in [1.29, 1.82) is 0 Å². The topological polar surface area (TPSA) is 79.7 Å². The van der Waals surface area contributed by atoms with Crippen LogP contribution in [0.15, 0.2) is 24.5 Å². The van der Waals surface area contributed by atoms with E-state index in [2.05, 4.69) is 4.98 Å². The average Bonchev–Trinajstić information content (AvgIpc) is 2.40. The Morgan fingerprint density at radius 2 is 1.87 bits per heavy atom. The van der Waals surface area contributed by atoms with E-state index in [1.807, 2.05) is 20.8 Å². The molecule has 0 radical (unpaired) electrons. The molecule has 0 aliphatic carbocycles. The first-order valence-electron chi connectivity index (χ1n) is 7.54. The van der Waals surface area contributed by atoms with Gasteiger partial charge in [0.15, 0.2) is 6.04 Å². The molecule has 1 rings (SSSR count). The second-order valence-corrected chi connectivity index (χ2v) is 7.37. The fourth-order valence-electron chi connectivity index (χ4n) is 2.13. The standard InChI is InChI=1S/C17H26N2O4/c1-16(2,3)19(14(20)12-8-7-9-18-10-12)13(15(21)22)11-23-17(4,5)6/h7-10,13H,11H2,1-6H3,(H,21,22). The molecule has 0 fully saturated rings. The second kappa shape index (κ2) is 7.08. The first kappa shape index (κ1) is 19.1. The third-order valence-corrected chi connectivity index (χ3v) is 3.12. The van der Waals surface area contributed by atoms with Crippen molar-refractivity contribution in [2.45, 2.75) is 58.7 Å². The minimum atomic E-state index is -1.10. The number of rotatable bonds is 5. The predicted octanol–water partition coefficient (Wildman–Crippen LogP) is 2.59. The van der Waals surface area contributed by atoms with E-state index in [9.17, 15) is 14.7 Å². The molecule has 128 valence electrons. The Morgan fingerprint density at radius 1 is 1.26 bits per heavy atom. The molecular formula is C17H26N2O4. The van der Waals surface area contributed by atoms with E-state index in [1.54, 1.807) is 39.1 Å². The van der Waals surface area contributed by atoms with E-state index in [1.165, 1.54) is 11.1 Å². The first-order chi connectivity index (χ1) is 10.4. The fraction of sp³-hybridized carbons (Fsp3) is 0.588. The number of pyridine rings is 1. The van der Waals surface area contributed by atoms with E-state index in [4.69, 9.17) is 4.74 Å². The van der Waals surface area contributed by atoms with Crippen molar-refractivity contribution in [3.8, 4) is 0 Å². The van der Waals surface area contributed by atoms with Gasteiger partial charge in [0.05, 0.1) is 17.8 Å². The maximum Gasteiger partial charge on any atom is 0.328 e. The molecule has 1 N–H and O–H groups in total. The number of nitrogens with zero attached hydrogens (tertiary/aromatic N) is 2. The summed E-state index contributed by atoms with van der Waals surface area (Å²) in [4.78, 5) is 29.9. The Balaban J connectivity index is 3.17. The third kappa shape index (κ3) is 5.63. The molecule has 0 spiro atoms. The van der Waals surface area contributed by atoms with Crippen molar-refractivity contribution < 1.29 is 19.4 Å². The van der Waals surface area contributed by atoms with Crippen LogP contribution in [0.5, 0.6) is 0 Å². The van der Waals surface area contributed by atoms with Crippen LogP contribution in [0.2, 0.25) is 0 Å². The molecule has 0 aliphatic rings. The van der Waals surface area contributed by atoms with Gasteiger partial charge >= 0.3 is 5.97 Å². The lowest BCUT2D eigenvalue weighted by molar-refractivity contribution is -0.149. The predicted molar refractivity (Wildman–Crippen MR) is 87.3 cm³/mol. The van der Waals surface area contributed by atoms with Gasteiger partial charge in [-0.25, -0.2) is 4.79 Å². The van der Waals surface area contributed by atoms with Gasteiger partial charge < -0.3 is 14.7 Å². The number of hydrogen-bond acceptors (Lipinski definition) is 4. The number of ether oxygens (including phenoxy) is 1. The van der Waals surface area contributed by atoms with Crippen molar-refractivity contribution in [1.82, 2.24) is 9.88 Å². The van der Waals surface area contributed by atoms with Crippen molar-refractivity contribution in [3.63, 3.8) is 0 Å². The Kier molecular flexibility index (Phi) is 5.88. The summed E-state index contributed by atoms with van der Waals surface area (Å²) in [6.07, 6.45) is 3.00. The highest BCUT2D eigenvalue weighted by molar-refractivity contribution is 5.96. The van der Waals surface area contributed by atoms with Crippen LogP contribution in [-0.2, 0) is 9.53 Å². The van der Waals surface area contributed by atoms with Crippen LogP contribution in [0.25, 0.3) is 0 Å². The van der Waals surface area contributed by atoms with Crippen molar-refractivity contribution in [3.05, 3.63) is 30.1 Å². The fourth-order valence-corrected chi connectivity index (χ4v) is 2.13. The number of carbonyl (C=O) groups excluding carboxylic acids is 1. The minimum absolute atomic E-state index is 0.0812. The minimum Gasteiger partial charge on any atom is -0.480 e. The Hall–Kier alpha value is -1.95. The highest BCUT2D eigenvalue weighted by Gasteiger charge is 2.38. The molecule has 6 heteroatoms. The van der Waals surface area contributed by atoms with Gasteiger partial charge in [-0.05, 0) is 53.7 Å². The zero-order chi connectivity index (χ0) is 17.8. The summed E-state index contributed by atoms with van der Waals surface area (Å²) in [5, 5.41) is 9.61. The largest absolute Gasteiger partial charge is 0.480 e. The van der Waals surface area contributed by atoms with Gasteiger partial charge in [-0.3, -0.25) is 9.78 Å². The van der Waals surface area contributed by atoms with E-state index in [-0.39, 0.29) is 12.5 Å². The maximum atomic E-state index is 12.8. The molecule has 1 unspecified atom stereocenters. The average molecular weight is 322 g/mol. The van der Waals surface area contributed by atoms with Crippen LogP contribution in [0.4, 0.5) is 0 Å². The molecule has 0 saturated heterocycles. The van der Waals surface area contributed by atoms with Crippen LogP contribution < -0.4 is 0 Å². The number of carbonyl (C=O) groups is 2. The van der Waals surface area contributed by atoms with Gasteiger partial charge in [0.1, 0.15) is 0 Å². The van der Waals surface area contributed by atoms with Crippen LogP contribution in [0, 0.1) is 0 Å². The number of carboxylic acid groups (broad SMARTS) is 1. The van der Waals surface area contributed by atoms with Gasteiger partial charge in [0.25, 0.3) is 5.91 Å². The van der Waals surface area contributed by atoms with E-state index >= 15 is 0 Å². The zero-order valence-corrected chi connectivity index (χ0v) is 14.7. The van der Waals surface area contributed by atoms with Crippen molar-refractivity contribution >= 4 is 11.9 Å². The van der Waals surface area contributed by atoms with Crippen molar-refractivity contribution in [2.24, 2.45) is 0 Å². The van der Waals surface area contributed by atoms with Gasteiger partial charge in [-0.15, -0.1) is 0 Å². The smallest absolute Gasteiger partial charge is 0.328 e. The normalized spacial score (nSPS) is 13.5. The summed E-state index contributed by atoms with van der Waals surface area (Å²) in [7, 11) is 0. The first-order valence-corrected chi connectivity index (χ1v) is 7.54. The van der Waals surface area contributed by atoms with E-state index < -0.39 is 23.2 Å². The molecular weight excluding hydrogens is 296 g/mol. The third-order valence-electron chi connectivity index (χ3n) is 3.12. The summed E-state index contributed by atoms with van der Waals surface area (Å²) in [5.41, 5.74) is -0.823.